The molecular weight excluding hydrogens is 266 g/mol. The number of methoxy groups -OCH3 is 1. The van der Waals surface area contributed by atoms with Gasteiger partial charge in [0.2, 0.25) is 0 Å². The molecule has 0 bridgehead atoms. The predicted molar refractivity (Wildman–Crippen MR) is 70.9 cm³/mol. The normalized spacial score (nSPS) is 12.0. The Hall–Kier alpha value is -2.05. The molecule has 1 N–H and O–H groups in total. The summed E-state index contributed by atoms with van der Waals surface area (Å²) in [5.74, 6) is -1.41. The first-order chi connectivity index (χ1) is 9.19. The number of carbonyl (C=O) groups excluding carboxylic acids is 3. The van der Waals surface area contributed by atoms with Gasteiger partial charge in [-0.05, 0) is 20.8 Å². The molecule has 0 aromatic heterocycles. The molecule has 0 aliphatic rings. The minimum atomic E-state index is -1.16. The van der Waals surface area contributed by atoms with Gasteiger partial charge in [0.25, 0.3) is 0 Å². The molecule has 0 aliphatic carbocycles. The van der Waals surface area contributed by atoms with Crippen molar-refractivity contribution < 1.29 is 28.6 Å². The van der Waals surface area contributed by atoms with E-state index in [9.17, 15) is 14.4 Å². The average Bonchev–Trinajstić information content (AvgIpc) is 2.32. The second kappa shape index (κ2) is 8.19. The van der Waals surface area contributed by atoms with E-state index in [1.807, 2.05) is 0 Å². The Bertz CT molecular complexity index is 372. The summed E-state index contributed by atoms with van der Waals surface area (Å²) in [6, 6.07) is -1.16. The quantitative estimate of drug-likeness (QED) is 0.448. The summed E-state index contributed by atoms with van der Waals surface area (Å²) in [6.07, 6.45) is 0.232. The number of hydrogen-bond acceptors (Lipinski definition) is 6. The molecule has 0 saturated carbocycles. The lowest BCUT2D eigenvalue weighted by Crippen LogP contribution is -2.45. The molecule has 1 amide bonds. The van der Waals surface area contributed by atoms with Gasteiger partial charge in [-0.15, -0.1) is 0 Å². The Morgan fingerprint density at radius 3 is 2.35 bits per heavy atom. The van der Waals surface area contributed by atoms with Gasteiger partial charge in [0.15, 0.2) is 0 Å². The van der Waals surface area contributed by atoms with E-state index in [0.717, 1.165) is 7.11 Å². The minimum Gasteiger partial charge on any atom is -0.467 e. The molecule has 0 saturated heterocycles. The number of nitrogens with one attached hydrogen (secondary N) is 1. The van der Waals surface area contributed by atoms with Gasteiger partial charge in [0.05, 0.1) is 13.5 Å². The van der Waals surface area contributed by atoms with E-state index in [1.54, 1.807) is 20.8 Å². The van der Waals surface area contributed by atoms with Crippen LogP contribution in [0.4, 0.5) is 4.79 Å². The molecule has 0 aromatic carbocycles. The zero-order valence-electron chi connectivity index (χ0n) is 12.2. The lowest BCUT2D eigenvalue weighted by molar-refractivity contribution is -0.150. The maximum Gasteiger partial charge on any atom is 0.408 e. The fourth-order valence-electron chi connectivity index (χ4n) is 1.16. The van der Waals surface area contributed by atoms with E-state index in [2.05, 4.69) is 16.6 Å². The van der Waals surface area contributed by atoms with Crippen LogP contribution in [0.25, 0.3) is 0 Å². The number of carbonyl (C=O) groups is 3. The molecule has 0 aromatic rings. The van der Waals surface area contributed by atoms with Crippen LogP contribution in [0.5, 0.6) is 0 Å². The van der Waals surface area contributed by atoms with Crippen LogP contribution in [0.15, 0.2) is 12.7 Å². The number of hydrogen-bond donors (Lipinski definition) is 1. The highest BCUT2D eigenvalue weighted by Gasteiger charge is 2.27. The monoisotopic (exact) mass is 287 g/mol. The van der Waals surface area contributed by atoms with Gasteiger partial charge in [0.1, 0.15) is 18.2 Å². The van der Waals surface area contributed by atoms with Crippen molar-refractivity contribution in [1.82, 2.24) is 5.32 Å². The molecule has 0 spiro atoms. The van der Waals surface area contributed by atoms with Crippen LogP contribution in [0.1, 0.15) is 27.2 Å². The fraction of sp³-hybridized carbons (Fsp3) is 0.615. The summed E-state index contributed by atoms with van der Waals surface area (Å²) in [6.45, 7) is 8.46. The maximum absolute atomic E-state index is 11.6. The smallest absolute Gasteiger partial charge is 0.408 e. The molecule has 1 atom stereocenters. The van der Waals surface area contributed by atoms with Gasteiger partial charge in [-0.3, -0.25) is 4.79 Å². The first-order valence-corrected chi connectivity index (χ1v) is 6.03. The third-order valence-corrected chi connectivity index (χ3v) is 1.91. The van der Waals surface area contributed by atoms with Crippen LogP contribution >= 0.6 is 0 Å². The van der Waals surface area contributed by atoms with Crippen molar-refractivity contribution in [3.8, 4) is 0 Å². The third-order valence-electron chi connectivity index (χ3n) is 1.91. The molecule has 0 rings (SSSR count). The van der Waals surface area contributed by atoms with E-state index in [4.69, 9.17) is 9.47 Å². The van der Waals surface area contributed by atoms with Gasteiger partial charge in [0, 0.05) is 0 Å². The SMILES string of the molecule is C=CCOC(=O)C[C@H](NC(=O)OC(C)(C)C)C(=O)OC. The summed E-state index contributed by atoms with van der Waals surface area (Å²) < 4.78 is 14.3. The summed E-state index contributed by atoms with van der Waals surface area (Å²) in [5, 5.41) is 2.27. The second-order valence-electron chi connectivity index (χ2n) is 4.90. The Labute approximate surface area is 118 Å². The van der Waals surface area contributed by atoms with Crippen LogP contribution in [0.2, 0.25) is 0 Å². The highest BCUT2D eigenvalue weighted by molar-refractivity contribution is 5.86. The van der Waals surface area contributed by atoms with Gasteiger partial charge >= 0.3 is 18.0 Å². The Balaban J connectivity index is 4.57. The number of esters is 2. The molecule has 0 fully saturated rings. The fourth-order valence-corrected chi connectivity index (χ4v) is 1.16. The number of rotatable bonds is 6. The van der Waals surface area contributed by atoms with Crippen LogP contribution in [0.3, 0.4) is 0 Å². The Morgan fingerprint density at radius 1 is 1.30 bits per heavy atom. The number of alkyl carbamates (subject to hydrolysis) is 1. The van der Waals surface area contributed by atoms with Gasteiger partial charge < -0.3 is 19.5 Å². The number of amides is 1. The van der Waals surface area contributed by atoms with E-state index >= 15 is 0 Å². The van der Waals surface area contributed by atoms with Crippen molar-refractivity contribution in [2.75, 3.05) is 13.7 Å². The molecular formula is C13H21NO6. The maximum atomic E-state index is 11.6. The molecule has 7 heteroatoms. The first-order valence-electron chi connectivity index (χ1n) is 6.03. The summed E-state index contributed by atoms with van der Waals surface area (Å²) >= 11 is 0. The molecule has 7 nitrogen and oxygen atoms in total. The van der Waals surface area contributed by atoms with E-state index in [0.29, 0.717) is 0 Å². The second-order valence-corrected chi connectivity index (χ2v) is 4.90. The van der Waals surface area contributed by atoms with Gasteiger partial charge in [-0.25, -0.2) is 9.59 Å². The summed E-state index contributed by atoms with van der Waals surface area (Å²) in [5.41, 5.74) is -0.714. The number of ether oxygens (including phenoxy) is 3. The average molecular weight is 287 g/mol. The van der Waals surface area contributed by atoms with Crippen molar-refractivity contribution in [2.24, 2.45) is 0 Å². The topological polar surface area (TPSA) is 90.9 Å². The lowest BCUT2D eigenvalue weighted by Gasteiger charge is -2.22. The van der Waals surface area contributed by atoms with Crippen molar-refractivity contribution in [3.63, 3.8) is 0 Å². The molecule has 20 heavy (non-hydrogen) atoms. The Kier molecular flexibility index (Phi) is 7.35. The molecule has 0 heterocycles. The van der Waals surface area contributed by atoms with Gasteiger partial charge in [-0.1, -0.05) is 12.7 Å². The third kappa shape index (κ3) is 8.12. The van der Waals surface area contributed by atoms with E-state index < -0.39 is 29.7 Å². The molecule has 0 unspecified atom stereocenters. The van der Waals surface area contributed by atoms with Gasteiger partial charge in [-0.2, -0.15) is 0 Å². The zero-order valence-corrected chi connectivity index (χ0v) is 12.2. The zero-order chi connectivity index (χ0) is 15.8. The minimum absolute atomic E-state index is 0.0269. The van der Waals surface area contributed by atoms with Crippen LogP contribution in [-0.2, 0) is 23.8 Å². The summed E-state index contributed by atoms with van der Waals surface area (Å²) in [4.78, 5) is 34.5. The highest BCUT2D eigenvalue weighted by atomic mass is 16.6. The van der Waals surface area contributed by atoms with Crippen molar-refractivity contribution in [3.05, 3.63) is 12.7 Å². The molecule has 0 aliphatic heterocycles. The van der Waals surface area contributed by atoms with E-state index in [-0.39, 0.29) is 13.0 Å². The highest BCUT2D eigenvalue weighted by Crippen LogP contribution is 2.08. The Morgan fingerprint density at radius 2 is 1.90 bits per heavy atom. The van der Waals surface area contributed by atoms with Crippen molar-refractivity contribution >= 4 is 18.0 Å². The predicted octanol–water partition coefficient (Wildman–Crippen LogP) is 1.17. The van der Waals surface area contributed by atoms with E-state index in [1.165, 1.54) is 6.08 Å². The molecule has 0 radical (unpaired) electrons. The van der Waals surface area contributed by atoms with Crippen molar-refractivity contribution in [2.45, 2.75) is 38.8 Å². The standard InChI is InChI=1S/C13H21NO6/c1-6-7-19-10(15)8-9(11(16)18-5)14-12(17)20-13(2,3)4/h6,9H,1,7-8H2,2-5H3,(H,14,17)/t9-/m0/s1. The largest absolute Gasteiger partial charge is 0.467 e. The summed E-state index contributed by atoms with van der Waals surface area (Å²) in [7, 11) is 1.15. The molecule has 114 valence electrons. The van der Waals surface area contributed by atoms with Crippen LogP contribution < -0.4 is 5.32 Å². The first kappa shape index (κ1) is 17.9. The van der Waals surface area contributed by atoms with Crippen LogP contribution in [0, 0.1) is 0 Å². The lowest BCUT2D eigenvalue weighted by atomic mass is 10.2. The van der Waals surface area contributed by atoms with Crippen molar-refractivity contribution in [1.29, 1.82) is 0 Å². The van der Waals surface area contributed by atoms with Crippen LogP contribution in [-0.4, -0.2) is 43.4 Å².